The van der Waals surface area contributed by atoms with Crippen LogP contribution in [0, 0.1) is 17.8 Å². The van der Waals surface area contributed by atoms with Crippen molar-refractivity contribution >= 4 is 11.8 Å². The molecule has 4 heterocycles. The Balaban J connectivity index is 1.52. The molecular weight excluding hydrogens is 484 g/mol. The van der Waals surface area contributed by atoms with E-state index in [0.29, 0.717) is 36.3 Å². The first-order chi connectivity index (χ1) is 18.0. The van der Waals surface area contributed by atoms with E-state index < -0.39 is 35.5 Å². The van der Waals surface area contributed by atoms with Gasteiger partial charge in [-0.05, 0) is 63.0 Å². The number of ether oxygens (including phenoxy) is 4. The smallest absolute Gasteiger partial charge is 0.316 e. The van der Waals surface area contributed by atoms with Crippen LogP contribution in [0.5, 0.6) is 0 Å². The SMILES string of the molecule is CC1=C[C@H]2C(=O)O[C@H]3C[C@@H](C/C=C(\C)C[C@@H](C)/C=C/C=C4\CO[C@@H](C1=O)[C@@]42O)O[C@@]1(CC[C@H](C)[C@@H](C)O1)C3. The number of carbonyl (C=O) groups excluding carboxylic acids is 2. The van der Waals surface area contributed by atoms with Crippen molar-refractivity contribution in [2.45, 2.75) is 109 Å². The predicted molar refractivity (Wildman–Crippen MR) is 142 cm³/mol. The van der Waals surface area contributed by atoms with Gasteiger partial charge >= 0.3 is 5.97 Å². The largest absolute Gasteiger partial charge is 0.462 e. The maximum atomic E-state index is 13.8. The third-order valence-electron chi connectivity index (χ3n) is 9.11. The lowest BCUT2D eigenvalue weighted by Gasteiger charge is -2.49. The first-order valence-corrected chi connectivity index (χ1v) is 14.2. The van der Waals surface area contributed by atoms with Gasteiger partial charge in [0.1, 0.15) is 17.6 Å². The molecule has 3 fully saturated rings. The van der Waals surface area contributed by atoms with E-state index in [-0.39, 0.29) is 30.5 Å². The van der Waals surface area contributed by atoms with Gasteiger partial charge in [0.15, 0.2) is 17.7 Å². The van der Waals surface area contributed by atoms with Crippen molar-refractivity contribution in [1.29, 1.82) is 0 Å². The van der Waals surface area contributed by atoms with Gasteiger partial charge in [-0.25, -0.2) is 0 Å². The Morgan fingerprint density at radius 3 is 2.63 bits per heavy atom. The van der Waals surface area contributed by atoms with Crippen molar-refractivity contribution < 1.29 is 33.6 Å². The van der Waals surface area contributed by atoms with E-state index in [1.165, 1.54) is 5.57 Å². The minimum absolute atomic E-state index is 0.0429. The molecule has 7 heteroatoms. The van der Waals surface area contributed by atoms with Crippen LogP contribution in [-0.4, -0.2) is 59.3 Å². The van der Waals surface area contributed by atoms with Crippen LogP contribution in [0.3, 0.4) is 0 Å². The van der Waals surface area contributed by atoms with Gasteiger partial charge in [0.05, 0.1) is 18.8 Å². The number of hydrogen-bond donors (Lipinski definition) is 1. The van der Waals surface area contributed by atoms with E-state index in [2.05, 4.69) is 39.8 Å². The van der Waals surface area contributed by atoms with Crippen molar-refractivity contribution in [3.63, 3.8) is 0 Å². The number of ketones is 1. The molecule has 2 bridgehead atoms. The van der Waals surface area contributed by atoms with Gasteiger partial charge in [0.25, 0.3) is 0 Å². The van der Waals surface area contributed by atoms with Crippen LogP contribution in [0.1, 0.15) is 73.1 Å². The molecule has 0 aromatic heterocycles. The number of fused-ring (bicyclic) bond motifs is 2. The topological polar surface area (TPSA) is 91.3 Å². The molecule has 3 saturated heterocycles. The molecule has 1 aliphatic carbocycles. The lowest BCUT2D eigenvalue weighted by Crippen LogP contribution is -2.57. The van der Waals surface area contributed by atoms with Crippen LogP contribution in [0.2, 0.25) is 0 Å². The minimum atomic E-state index is -1.78. The summed E-state index contributed by atoms with van der Waals surface area (Å²) in [6, 6.07) is 0. The Kier molecular flexibility index (Phi) is 7.59. The van der Waals surface area contributed by atoms with E-state index >= 15 is 0 Å². The number of carbonyl (C=O) groups is 2. The summed E-state index contributed by atoms with van der Waals surface area (Å²) in [5.41, 5.74) is 0.416. The van der Waals surface area contributed by atoms with Crippen molar-refractivity contribution in [1.82, 2.24) is 0 Å². The predicted octanol–water partition coefficient (Wildman–Crippen LogP) is 4.74. The van der Waals surface area contributed by atoms with Crippen LogP contribution in [0.25, 0.3) is 0 Å². The molecule has 5 rings (SSSR count). The zero-order chi connectivity index (χ0) is 27.2. The number of Topliss-reactive ketones (excluding diaryl/α,β-unsaturated/α-hetero) is 1. The van der Waals surface area contributed by atoms with Gasteiger partial charge in [-0.1, -0.05) is 49.8 Å². The summed E-state index contributed by atoms with van der Waals surface area (Å²) >= 11 is 0. The van der Waals surface area contributed by atoms with E-state index in [1.54, 1.807) is 19.1 Å². The summed E-state index contributed by atoms with van der Waals surface area (Å²) in [6.07, 6.45) is 12.2. The molecule has 0 radical (unpaired) electrons. The second kappa shape index (κ2) is 10.5. The van der Waals surface area contributed by atoms with Crippen LogP contribution in [-0.2, 0) is 28.5 Å². The molecule has 1 spiro atoms. The minimum Gasteiger partial charge on any atom is -0.462 e. The highest BCUT2D eigenvalue weighted by atomic mass is 16.7. The number of aliphatic hydroxyl groups is 1. The van der Waals surface area contributed by atoms with E-state index in [4.69, 9.17) is 18.9 Å². The molecule has 208 valence electrons. The third kappa shape index (κ3) is 5.10. The second-order valence-electron chi connectivity index (χ2n) is 12.2. The fourth-order valence-corrected chi connectivity index (χ4v) is 6.70. The first-order valence-electron chi connectivity index (χ1n) is 14.2. The maximum Gasteiger partial charge on any atom is 0.316 e. The fourth-order valence-electron chi connectivity index (χ4n) is 6.70. The highest BCUT2D eigenvalue weighted by molar-refractivity contribution is 6.03. The van der Waals surface area contributed by atoms with Crippen molar-refractivity contribution in [2.24, 2.45) is 17.8 Å². The van der Waals surface area contributed by atoms with Gasteiger partial charge in [0, 0.05) is 19.3 Å². The molecule has 0 aromatic carbocycles. The van der Waals surface area contributed by atoms with E-state index in [1.807, 2.05) is 6.08 Å². The Hall–Kier alpha value is -2.06. The third-order valence-corrected chi connectivity index (χ3v) is 9.11. The average Bonchev–Trinajstić information content (AvgIpc) is 3.19. The van der Waals surface area contributed by atoms with Crippen LogP contribution >= 0.6 is 0 Å². The molecule has 0 aromatic rings. The summed E-state index contributed by atoms with van der Waals surface area (Å²) < 4.78 is 25.0. The van der Waals surface area contributed by atoms with Crippen LogP contribution < -0.4 is 0 Å². The normalized spacial score (nSPS) is 47.7. The van der Waals surface area contributed by atoms with Gasteiger partial charge < -0.3 is 24.1 Å². The summed E-state index contributed by atoms with van der Waals surface area (Å²) in [5.74, 6) is -1.97. The number of hydrogen-bond acceptors (Lipinski definition) is 7. The maximum absolute atomic E-state index is 13.8. The van der Waals surface area contributed by atoms with Crippen LogP contribution in [0.15, 0.2) is 47.1 Å². The second-order valence-corrected chi connectivity index (χ2v) is 12.2. The number of esters is 1. The molecular formula is C31H42O7. The first kappa shape index (κ1) is 27.5. The van der Waals surface area contributed by atoms with Gasteiger partial charge in [-0.15, -0.1) is 0 Å². The quantitative estimate of drug-likeness (QED) is 0.360. The number of allylic oxidation sites excluding steroid dienone is 4. The summed E-state index contributed by atoms with van der Waals surface area (Å²) in [5, 5.41) is 11.9. The molecule has 4 aliphatic heterocycles. The van der Waals surface area contributed by atoms with Crippen LogP contribution in [0.4, 0.5) is 0 Å². The zero-order valence-electron chi connectivity index (χ0n) is 23.3. The fraction of sp³-hybridized carbons (Fsp3) is 0.677. The molecule has 0 saturated carbocycles. The highest BCUT2D eigenvalue weighted by Crippen LogP contribution is 2.46. The Morgan fingerprint density at radius 1 is 1.08 bits per heavy atom. The average molecular weight is 527 g/mol. The standard InChI is InChI=1S/C31H42O7/c1-18-7-6-8-23-17-35-28-27(32)21(4)14-26(31(23,28)34)29(33)36-25-15-24(10-9-19(2)13-18)38-30(16-25)12-11-20(3)22(5)37-30/h6-9,14,18,20,22,24-26,28,34H,10-13,15-17H2,1-5H3/b7-6+,19-9+,23-8+/t18-,20-,22+,24+,25-,26-,28-,30-,31+/m0/s1. The monoisotopic (exact) mass is 526 g/mol. The van der Waals surface area contributed by atoms with Crippen molar-refractivity contribution in [3.05, 3.63) is 47.1 Å². The molecule has 5 aliphatic rings. The zero-order valence-corrected chi connectivity index (χ0v) is 23.3. The molecule has 0 amide bonds. The molecule has 1 N–H and O–H groups in total. The summed E-state index contributed by atoms with van der Waals surface area (Å²) in [4.78, 5) is 26.7. The summed E-state index contributed by atoms with van der Waals surface area (Å²) in [6.45, 7) is 10.3. The molecule has 38 heavy (non-hydrogen) atoms. The van der Waals surface area contributed by atoms with Crippen molar-refractivity contribution in [3.8, 4) is 0 Å². The van der Waals surface area contributed by atoms with Gasteiger partial charge in [-0.2, -0.15) is 0 Å². The molecule has 7 nitrogen and oxygen atoms in total. The number of rotatable bonds is 0. The molecule has 0 unspecified atom stereocenters. The van der Waals surface area contributed by atoms with E-state index in [9.17, 15) is 14.7 Å². The lowest BCUT2D eigenvalue weighted by atomic mass is 9.71. The Morgan fingerprint density at radius 2 is 1.87 bits per heavy atom. The van der Waals surface area contributed by atoms with E-state index in [0.717, 1.165) is 19.3 Å². The Bertz CT molecular complexity index is 1090. The highest BCUT2D eigenvalue weighted by Gasteiger charge is 2.60. The lowest BCUT2D eigenvalue weighted by molar-refractivity contribution is -0.332. The Labute approximate surface area is 225 Å². The van der Waals surface area contributed by atoms with Gasteiger partial charge in [-0.3, -0.25) is 9.59 Å². The van der Waals surface area contributed by atoms with Gasteiger partial charge in [0.2, 0.25) is 0 Å². The summed E-state index contributed by atoms with van der Waals surface area (Å²) in [7, 11) is 0. The van der Waals surface area contributed by atoms with Crippen molar-refractivity contribution in [2.75, 3.05) is 6.61 Å². The molecule has 9 atom stereocenters.